The third-order valence-electron chi connectivity index (χ3n) is 5.32. The van der Waals surface area contributed by atoms with E-state index >= 15 is 0 Å². The summed E-state index contributed by atoms with van der Waals surface area (Å²) in [6, 6.07) is 24.8. The van der Waals surface area contributed by atoms with Crippen LogP contribution < -0.4 is 10.4 Å². The molecule has 0 radical (unpaired) electrons. The molecule has 2 aliphatic heterocycles. The fourth-order valence-corrected chi connectivity index (χ4v) is 9.69. The van der Waals surface area contributed by atoms with Crippen molar-refractivity contribution in [2.75, 3.05) is 6.61 Å². The lowest BCUT2D eigenvalue weighted by Crippen LogP contribution is -2.58. The summed E-state index contributed by atoms with van der Waals surface area (Å²) in [5, 5.41) is 2.98. The molecule has 118 valence electrons. The Morgan fingerprint density at radius 3 is 1.91 bits per heavy atom. The second-order valence-electron chi connectivity index (χ2n) is 6.46. The minimum absolute atomic E-state index is 0.133. The third-order valence-corrected chi connectivity index (χ3v) is 10.4. The molecule has 4 heteroatoms. The van der Waals surface area contributed by atoms with Gasteiger partial charge >= 0.3 is 6.09 Å². The Labute approximate surface area is 137 Å². The van der Waals surface area contributed by atoms with Crippen LogP contribution in [0.2, 0.25) is 12.1 Å². The van der Waals surface area contributed by atoms with Crippen molar-refractivity contribution in [2.45, 2.75) is 31.1 Å². The normalized spacial score (nSPS) is 24.1. The number of nitrogens with zero attached hydrogens (tertiary/aromatic N) is 1. The second-order valence-corrected chi connectivity index (χ2v) is 10.6. The van der Waals surface area contributed by atoms with Gasteiger partial charge in [-0.05, 0) is 19.0 Å². The molecule has 3 nitrogen and oxygen atoms in total. The zero-order valence-corrected chi connectivity index (χ0v) is 14.3. The maximum atomic E-state index is 12.0. The van der Waals surface area contributed by atoms with E-state index in [1.807, 2.05) is 11.8 Å². The van der Waals surface area contributed by atoms with Crippen molar-refractivity contribution in [1.82, 2.24) is 4.90 Å². The summed E-state index contributed by atoms with van der Waals surface area (Å²) in [5.74, 6) is 0. The average molecular weight is 323 g/mol. The molecular weight excluding hydrogens is 302 g/mol. The maximum Gasteiger partial charge on any atom is 0.410 e. The molecular formula is C19H21NO2Si. The van der Waals surface area contributed by atoms with E-state index in [0.29, 0.717) is 18.7 Å². The lowest BCUT2D eigenvalue weighted by molar-refractivity contribution is 0.132. The van der Waals surface area contributed by atoms with Gasteiger partial charge in [-0.1, -0.05) is 71.0 Å². The fraction of sp³-hybridized carbons (Fsp3) is 0.316. The van der Waals surface area contributed by atoms with Gasteiger partial charge in [0.05, 0.1) is 18.7 Å². The van der Waals surface area contributed by atoms with Gasteiger partial charge in [0.1, 0.15) is 8.07 Å². The Morgan fingerprint density at radius 1 is 1.00 bits per heavy atom. The van der Waals surface area contributed by atoms with Crippen molar-refractivity contribution < 1.29 is 9.53 Å². The van der Waals surface area contributed by atoms with Crippen LogP contribution in [0.25, 0.3) is 0 Å². The molecule has 4 rings (SSSR count). The van der Waals surface area contributed by atoms with E-state index in [0.717, 1.165) is 12.1 Å². The average Bonchev–Trinajstić information content (AvgIpc) is 3.12. The molecule has 0 bridgehead atoms. The molecule has 2 saturated heterocycles. The van der Waals surface area contributed by atoms with Crippen molar-refractivity contribution in [2.24, 2.45) is 0 Å². The number of rotatable bonds is 3. The van der Waals surface area contributed by atoms with E-state index in [1.54, 1.807) is 0 Å². The van der Waals surface area contributed by atoms with Crippen LogP contribution in [0, 0.1) is 0 Å². The van der Waals surface area contributed by atoms with Crippen LogP contribution >= 0.6 is 0 Å². The highest BCUT2D eigenvalue weighted by Crippen LogP contribution is 2.48. The summed E-state index contributed by atoms with van der Waals surface area (Å²) in [6.07, 6.45) is -0.133. The topological polar surface area (TPSA) is 29.3 Å². The molecule has 0 spiro atoms. The molecule has 2 heterocycles. The lowest BCUT2D eigenvalue weighted by Gasteiger charge is -2.31. The van der Waals surface area contributed by atoms with Crippen molar-refractivity contribution in [3.05, 3.63) is 60.7 Å². The molecule has 2 unspecified atom stereocenters. The molecule has 0 aliphatic carbocycles. The number of hydrogen-bond donors (Lipinski definition) is 0. The number of amides is 1. The van der Waals surface area contributed by atoms with Crippen LogP contribution in [0.3, 0.4) is 0 Å². The quantitative estimate of drug-likeness (QED) is 0.641. The van der Waals surface area contributed by atoms with Crippen molar-refractivity contribution in [1.29, 1.82) is 0 Å². The number of fused-ring (bicyclic) bond motifs is 1. The van der Waals surface area contributed by atoms with Gasteiger partial charge in [-0.25, -0.2) is 4.79 Å². The van der Waals surface area contributed by atoms with Gasteiger partial charge in [0, 0.05) is 0 Å². The van der Waals surface area contributed by atoms with Crippen molar-refractivity contribution in [3.8, 4) is 0 Å². The smallest absolute Gasteiger partial charge is 0.410 e. The zero-order chi connectivity index (χ0) is 15.9. The van der Waals surface area contributed by atoms with Crippen LogP contribution in [0.15, 0.2) is 60.7 Å². The van der Waals surface area contributed by atoms with Gasteiger partial charge in [-0.3, -0.25) is 4.90 Å². The highest BCUT2D eigenvalue weighted by atomic mass is 28.3. The number of carbonyl (C=O) groups excluding carboxylic acids is 1. The highest BCUT2D eigenvalue weighted by molar-refractivity contribution is 7.03. The Balaban J connectivity index is 1.66. The maximum absolute atomic E-state index is 12.0. The lowest BCUT2D eigenvalue weighted by atomic mass is 10.4. The predicted octanol–water partition coefficient (Wildman–Crippen LogP) is 2.47. The highest BCUT2D eigenvalue weighted by Gasteiger charge is 2.64. The monoisotopic (exact) mass is 323 g/mol. The van der Waals surface area contributed by atoms with Gasteiger partial charge in [-0.15, -0.1) is 0 Å². The van der Waals surface area contributed by atoms with E-state index in [4.69, 9.17) is 4.74 Å². The number of ether oxygens (including phenoxy) is 1. The molecule has 2 aromatic rings. The number of hydrogen-bond acceptors (Lipinski definition) is 2. The van der Waals surface area contributed by atoms with Crippen LogP contribution in [0.4, 0.5) is 4.79 Å². The van der Waals surface area contributed by atoms with Gasteiger partial charge < -0.3 is 4.74 Å². The molecule has 2 fully saturated rings. The summed E-state index contributed by atoms with van der Waals surface area (Å²) in [7, 11) is -1.76. The van der Waals surface area contributed by atoms with Crippen LogP contribution in [-0.2, 0) is 4.74 Å². The van der Waals surface area contributed by atoms with E-state index in [1.165, 1.54) is 10.4 Å². The van der Waals surface area contributed by atoms with E-state index in [2.05, 4.69) is 60.7 Å². The molecule has 2 aromatic carbocycles. The Kier molecular flexibility index (Phi) is 3.49. The van der Waals surface area contributed by atoms with Crippen LogP contribution in [0.5, 0.6) is 0 Å². The molecule has 1 amide bonds. The second kappa shape index (κ2) is 5.53. The zero-order valence-electron chi connectivity index (χ0n) is 13.3. The van der Waals surface area contributed by atoms with Gasteiger partial charge in [0.15, 0.2) is 0 Å². The van der Waals surface area contributed by atoms with Crippen molar-refractivity contribution >= 4 is 24.5 Å². The molecule has 2 atom stereocenters. The first-order chi connectivity index (χ1) is 11.3. The minimum atomic E-state index is -1.76. The molecule has 0 aromatic heterocycles. The third kappa shape index (κ3) is 2.29. The molecule has 0 saturated carbocycles. The first-order valence-corrected chi connectivity index (χ1v) is 10.7. The SMILES string of the molecule is CCOC(=O)N1C2C[Si](c3ccccc3)(c3ccccc3)CC21. The summed E-state index contributed by atoms with van der Waals surface area (Å²) in [6.45, 7) is 2.32. The van der Waals surface area contributed by atoms with E-state index in [-0.39, 0.29) is 6.09 Å². The molecule has 23 heavy (non-hydrogen) atoms. The fourth-order valence-electron chi connectivity index (χ4n) is 4.22. The van der Waals surface area contributed by atoms with E-state index in [9.17, 15) is 4.79 Å². The van der Waals surface area contributed by atoms with Gasteiger partial charge in [0.25, 0.3) is 0 Å². The standard InChI is InChI=1S/C19H21NO2Si/c1-2-22-19(21)20-17-13-23(14-18(17)20,15-9-5-3-6-10-15)16-11-7-4-8-12-16/h3-12,17-18H,2,13-14H2,1H3. The van der Waals surface area contributed by atoms with Crippen LogP contribution in [0.1, 0.15) is 6.92 Å². The largest absolute Gasteiger partial charge is 0.450 e. The predicted molar refractivity (Wildman–Crippen MR) is 94.0 cm³/mol. The summed E-state index contributed by atoms with van der Waals surface area (Å²) in [4.78, 5) is 14.0. The Bertz CT molecular complexity index is 650. The van der Waals surface area contributed by atoms with Gasteiger partial charge in [-0.2, -0.15) is 0 Å². The summed E-state index contributed by atoms with van der Waals surface area (Å²) in [5.41, 5.74) is 0. The summed E-state index contributed by atoms with van der Waals surface area (Å²) < 4.78 is 5.18. The molecule has 0 N–H and O–H groups in total. The Hall–Kier alpha value is -2.07. The van der Waals surface area contributed by atoms with Crippen molar-refractivity contribution in [3.63, 3.8) is 0 Å². The van der Waals surface area contributed by atoms with E-state index < -0.39 is 8.07 Å². The minimum Gasteiger partial charge on any atom is -0.450 e. The van der Waals surface area contributed by atoms with Crippen LogP contribution in [-0.4, -0.2) is 37.8 Å². The first kappa shape index (κ1) is 14.5. The molecule has 2 aliphatic rings. The Morgan fingerprint density at radius 2 is 1.48 bits per heavy atom. The first-order valence-electron chi connectivity index (χ1n) is 8.32. The number of benzene rings is 2. The van der Waals surface area contributed by atoms with Gasteiger partial charge in [0.2, 0.25) is 0 Å². The summed E-state index contributed by atoms with van der Waals surface area (Å²) >= 11 is 0. The number of carbonyl (C=O) groups is 1.